The molecule has 0 atom stereocenters. The maximum absolute atomic E-state index is 6.11. The number of pyridine rings is 2. The molecule has 17 heavy (non-hydrogen) atoms. The van der Waals surface area contributed by atoms with E-state index in [9.17, 15) is 0 Å². The smallest absolute Gasteiger partial charge is 0.0723 e. The Morgan fingerprint density at radius 1 is 0.824 bits per heavy atom. The van der Waals surface area contributed by atoms with E-state index in [1.165, 1.54) is 0 Å². The summed E-state index contributed by atoms with van der Waals surface area (Å²) in [6, 6.07) is 11.8. The van der Waals surface area contributed by atoms with Gasteiger partial charge in [-0.2, -0.15) is 0 Å². The number of halogens is 1. The van der Waals surface area contributed by atoms with Crippen LogP contribution in [0.2, 0.25) is 5.02 Å². The molecule has 0 unspecified atom stereocenters. The zero-order valence-corrected chi connectivity index (χ0v) is 9.72. The van der Waals surface area contributed by atoms with Crippen molar-refractivity contribution < 1.29 is 0 Å². The minimum Gasteiger partial charge on any atom is -0.265 e. The number of rotatable bonds is 1. The van der Waals surface area contributed by atoms with Gasteiger partial charge in [0.15, 0.2) is 0 Å². The number of benzene rings is 1. The number of aromatic nitrogens is 2. The fourth-order valence-electron chi connectivity index (χ4n) is 1.84. The van der Waals surface area contributed by atoms with Crippen LogP contribution in [0.1, 0.15) is 0 Å². The first-order chi connectivity index (χ1) is 8.34. The Bertz CT molecular complexity index is 665. The number of nitrogens with zero attached hydrogens (tertiary/aromatic N) is 2. The third kappa shape index (κ3) is 1.87. The highest BCUT2D eigenvalue weighted by molar-refractivity contribution is 6.35. The average Bonchev–Trinajstić information content (AvgIpc) is 2.40. The fraction of sp³-hybridized carbons (Fsp3) is 0. The Labute approximate surface area is 104 Å². The third-order valence-electron chi connectivity index (χ3n) is 2.70. The standard InChI is InChI=1S/C14H9ClN2/c15-13-5-8-17-14-9-11(1-2-12(13)14)10-3-6-16-7-4-10/h1-9H. The van der Waals surface area contributed by atoms with Gasteiger partial charge in [0, 0.05) is 24.0 Å². The molecule has 0 bridgehead atoms. The number of fused-ring (bicyclic) bond motifs is 1. The van der Waals surface area contributed by atoms with Crippen LogP contribution in [0.4, 0.5) is 0 Å². The van der Waals surface area contributed by atoms with Gasteiger partial charge in [-0.15, -0.1) is 0 Å². The Morgan fingerprint density at radius 3 is 2.47 bits per heavy atom. The van der Waals surface area contributed by atoms with Gasteiger partial charge in [-0.1, -0.05) is 23.7 Å². The first kappa shape index (κ1) is 10.2. The van der Waals surface area contributed by atoms with Crippen molar-refractivity contribution in [3.8, 4) is 11.1 Å². The van der Waals surface area contributed by atoms with Crippen LogP contribution in [0, 0.1) is 0 Å². The number of hydrogen-bond acceptors (Lipinski definition) is 2. The zero-order chi connectivity index (χ0) is 11.7. The second kappa shape index (κ2) is 4.15. The van der Waals surface area contributed by atoms with E-state index in [-0.39, 0.29) is 0 Å². The van der Waals surface area contributed by atoms with Gasteiger partial charge in [-0.25, -0.2) is 0 Å². The SMILES string of the molecule is Clc1ccnc2cc(-c3ccncc3)ccc12. The molecule has 0 aliphatic heterocycles. The van der Waals surface area contributed by atoms with Gasteiger partial charge in [0.25, 0.3) is 0 Å². The van der Waals surface area contributed by atoms with Crippen molar-refractivity contribution in [2.75, 3.05) is 0 Å². The highest BCUT2D eigenvalue weighted by Gasteiger charge is 2.02. The summed E-state index contributed by atoms with van der Waals surface area (Å²) in [5.41, 5.74) is 3.16. The predicted molar refractivity (Wildman–Crippen MR) is 70.0 cm³/mol. The van der Waals surface area contributed by atoms with Crippen molar-refractivity contribution in [1.29, 1.82) is 0 Å². The van der Waals surface area contributed by atoms with Gasteiger partial charge in [-0.05, 0) is 35.4 Å². The molecule has 3 aromatic rings. The largest absolute Gasteiger partial charge is 0.265 e. The summed E-state index contributed by atoms with van der Waals surface area (Å²) >= 11 is 6.11. The molecule has 2 heterocycles. The zero-order valence-electron chi connectivity index (χ0n) is 8.97. The van der Waals surface area contributed by atoms with Gasteiger partial charge in [0.2, 0.25) is 0 Å². The number of hydrogen-bond donors (Lipinski definition) is 0. The van der Waals surface area contributed by atoms with E-state index in [0.717, 1.165) is 27.1 Å². The van der Waals surface area contributed by atoms with E-state index in [0.29, 0.717) is 0 Å². The molecular formula is C14H9ClN2. The molecule has 0 saturated carbocycles. The maximum Gasteiger partial charge on any atom is 0.0723 e. The molecule has 0 aliphatic rings. The second-order valence-electron chi connectivity index (χ2n) is 3.76. The highest BCUT2D eigenvalue weighted by Crippen LogP contribution is 2.26. The van der Waals surface area contributed by atoms with Crippen LogP contribution in [0.3, 0.4) is 0 Å². The molecule has 82 valence electrons. The minimum atomic E-state index is 0.733. The topological polar surface area (TPSA) is 25.8 Å². The predicted octanol–water partition coefficient (Wildman–Crippen LogP) is 3.95. The third-order valence-corrected chi connectivity index (χ3v) is 3.03. The summed E-state index contributed by atoms with van der Waals surface area (Å²) < 4.78 is 0. The second-order valence-corrected chi connectivity index (χ2v) is 4.17. The Hall–Kier alpha value is -1.93. The monoisotopic (exact) mass is 240 g/mol. The molecule has 0 radical (unpaired) electrons. The first-order valence-electron chi connectivity index (χ1n) is 5.29. The lowest BCUT2D eigenvalue weighted by molar-refractivity contribution is 1.33. The van der Waals surface area contributed by atoms with Crippen LogP contribution in [-0.4, -0.2) is 9.97 Å². The van der Waals surface area contributed by atoms with E-state index >= 15 is 0 Å². The molecule has 3 heteroatoms. The molecule has 2 aromatic heterocycles. The van der Waals surface area contributed by atoms with E-state index in [2.05, 4.69) is 9.97 Å². The molecule has 3 rings (SSSR count). The van der Waals surface area contributed by atoms with Crippen molar-refractivity contribution in [2.45, 2.75) is 0 Å². The van der Waals surface area contributed by atoms with Gasteiger partial charge < -0.3 is 0 Å². The van der Waals surface area contributed by atoms with Crippen molar-refractivity contribution in [1.82, 2.24) is 9.97 Å². The summed E-state index contributed by atoms with van der Waals surface area (Å²) in [5.74, 6) is 0. The lowest BCUT2D eigenvalue weighted by atomic mass is 10.1. The van der Waals surface area contributed by atoms with E-state index < -0.39 is 0 Å². The van der Waals surface area contributed by atoms with Crippen molar-refractivity contribution >= 4 is 22.5 Å². The Morgan fingerprint density at radius 2 is 1.65 bits per heavy atom. The first-order valence-corrected chi connectivity index (χ1v) is 5.67. The van der Waals surface area contributed by atoms with E-state index in [1.807, 2.05) is 30.3 Å². The van der Waals surface area contributed by atoms with E-state index in [4.69, 9.17) is 11.6 Å². The molecule has 0 aliphatic carbocycles. The van der Waals surface area contributed by atoms with Gasteiger partial charge in [0.05, 0.1) is 10.5 Å². The van der Waals surface area contributed by atoms with Crippen molar-refractivity contribution in [2.24, 2.45) is 0 Å². The average molecular weight is 241 g/mol. The van der Waals surface area contributed by atoms with Crippen LogP contribution < -0.4 is 0 Å². The maximum atomic E-state index is 6.11. The van der Waals surface area contributed by atoms with Crippen LogP contribution in [0.5, 0.6) is 0 Å². The molecule has 0 N–H and O–H groups in total. The molecule has 1 aromatic carbocycles. The summed E-state index contributed by atoms with van der Waals surface area (Å²) in [4.78, 5) is 8.34. The lowest BCUT2D eigenvalue weighted by Crippen LogP contribution is -1.82. The summed E-state index contributed by atoms with van der Waals surface area (Å²) in [5, 5.41) is 1.71. The molecule has 0 fully saturated rings. The summed E-state index contributed by atoms with van der Waals surface area (Å²) in [6.45, 7) is 0. The molecule has 0 saturated heterocycles. The van der Waals surface area contributed by atoms with Crippen LogP contribution in [0.25, 0.3) is 22.0 Å². The molecular weight excluding hydrogens is 232 g/mol. The Balaban J connectivity index is 2.21. The van der Waals surface area contributed by atoms with Crippen LogP contribution in [-0.2, 0) is 0 Å². The normalized spacial score (nSPS) is 10.6. The quantitative estimate of drug-likeness (QED) is 0.644. The van der Waals surface area contributed by atoms with Crippen LogP contribution in [0.15, 0.2) is 55.0 Å². The van der Waals surface area contributed by atoms with E-state index in [1.54, 1.807) is 24.7 Å². The fourth-order valence-corrected chi connectivity index (χ4v) is 2.05. The van der Waals surface area contributed by atoms with Crippen molar-refractivity contribution in [3.05, 3.63) is 60.0 Å². The summed E-state index contributed by atoms with van der Waals surface area (Å²) in [7, 11) is 0. The minimum absolute atomic E-state index is 0.733. The van der Waals surface area contributed by atoms with Crippen molar-refractivity contribution in [3.63, 3.8) is 0 Å². The summed E-state index contributed by atoms with van der Waals surface area (Å²) in [6.07, 6.45) is 5.29. The van der Waals surface area contributed by atoms with Crippen LogP contribution >= 0.6 is 11.6 Å². The molecule has 0 spiro atoms. The lowest BCUT2D eigenvalue weighted by Gasteiger charge is -2.04. The van der Waals surface area contributed by atoms with Gasteiger partial charge in [-0.3, -0.25) is 9.97 Å². The van der Waals surface area contributed by atoms with Gasteiger partial charge in [0.1, 0.15) is 0 Å². The highest BCUT2D eigenvalue weighted by atomic mass is 35.5. The molecule has 2 nitrogen and oxygen atoms in total. The van der Waals surface area contributed by atoms with Gasteiger partial charge >= 0.3 is 0 Å². The molecule has 0 amide bonds. The Kier molecular flexibility index (Phi) is 2.50.